The Bertz CT molecular complexity index is 531. The highest BCUT2D eigenvalue weighted by atomic mass is 16.5. The highest BCUT2D eigenvalue weighted by Crippen LogP contribution is 2.32. The van der Waals surface area contributed by atoms with Gasteiger partial charge in [-0.15, -0.1) is 0 Å². The Labute approximate surface area is 144 Å². The molecule has 1 aromatic rings. The summed E-state index contributed by atoms with van der Waals surface area (Å²) in [7, 11) is 1.58. The Kier molecular flexibility index (Phi) is 5.98. The van der Waals surface area contributed by atoms with Crippen LogP contribution >= 0.6 is 0 Å². The Morgan fingerprint density at radius 1 is 1.21 bits per heavy atom. The van der Waals surface area contributed by atoms with E-state index in [2.05, 4.69) is 9.80 Å². The van der Waals surface area contributed by atoms with E-state index in [1.807, 2.05) is 12.1 Å². The highest BCUT2D eigenvalue weighted by molar-refractivity contribution is 5.45. The number of hydrogen-bond acceptors (Lipinski definition) is 5. The molecular formula is C19H30N2O3. The van der Waals surface area contributed by atoms with Gasteiger partial charge in [0.25, 0.3) is 0 Å². The molecule has 1 aliphatic carbocycles. The molecule has 0 aromatic heterocycles. The van der Waals surface area contributed by atoms with E-state index < -0.39 is 0 Å². The fraction of sp³-hybridized carbons (Fsp3) is 0.684. The van der Waals surface area contributed by atoms with Crippen molar-refractivity contribution >= 4 is 0 Å². The van der Waals surface area contributed by atoms with Crippen LogP contribution in [-0.4, -0.2) is 65.4 Å². The molecule has 1 saturated heterocycles. The third kappa shape index (κ3) is 3.85. The lowest BCUT2D eigenvalue weighted by molar-refractivity contribution is 0.0264. The molecule has 0 bridgehead atoms. The van der Waals surface area contributed by atoms with Gasteiger partial charge in [-0.3, -0.25) is 9.80 Å². The first kappa shape index (κ1) is 17.5. The van der Waals surface area contributed by atoms with E-state index in [0.29, 0.717) is 17.8 Å². The van der Waals surface area contributed by atoms with Gasteiger partial charge in [0, 0.05) is 50.4 Å². The smallest absolute Gasteiger partial charge is 0.162 e. The lowest BCUT2D eigenvalue weighted by Gasteiger charge is -2.44. The molecule has 134 valence electrons. The van der Waals surface area contributed by atoms with Gasteiger partial charge < -0.3 is 14.9 Å². The van der Waals surface area contributed by atoms with Crippen LogP contribution in [0.2, 0.25) is 0 Å². The van der Waals surface area contributed by atoms with Gasteiger partial charge in [-0.25, -0.2) is 0 Å². The van der Waals surface area contributed by atoms with Gasteiger partial charge >= 0.3 is 0 Å². The Hall–Kier alpha value is -1.30. The zero-order valence-corrected chi connectivity index (χ0v) is 14.7. The number of nitrogens with zero attached hydrogens (tertiary/aromatic N) is 2. The molecule has 24 heavy (non-hydrogen) atoms. The van der Waals surface area contributed by atoms with Crippen LogP contribution in [0.1, 0.15) is 37.7 Å². The number of benzene rings is 1. The summed E-state index contributed by atoms with van der Waals surface area (Å²) < 4.78 is 5.21. The Morgan fingerprint density at radius 3 is 2.71 bits per heavy atom. The summed E-state index contributed by atoms with van der Waals surface area (Å²) in [6.45, 7) is 3.98. The molecule has 0 radical (unpaired) electrons. The number of hydrogen-bond donors (Lipinski definition) is 2. The Balaban J connectivity index is 1.66. The van der Waals surface area contributed by atoms with Crippen LogP contribution in [-0.2, 0) is 6.54 Å². The minimum absolute atomic E-state index is 0.242. The maximum atomic E-state index is 10.3. The fourth-order valence-corrected chi connectivity index (χ4v) is 4.30. The van der Waals surface area contributed by atoms with Crippen molar-refractivity contribution < 1.29 is 14.9 Å². The minimum Gasteiger partial charge on any atom is -0.504 e. The summed E-state index contributed by atoms with van der Waals surface area (Å²) >= 11 is 0. The molecular weight excluding hydrogens is 304 g/mol. The van der Waals surface area contributed by atoms with E-state index in [9.17, 15) is 10.2 Å². The summed E-state index contributed by atoms with van der Waals surface area (Å²) in [5.41, 5.74) is 0.909. The SMILES string of the molecule is COc1cccc(CN2CCN(C3CCCC3)[C@H](CCO)C2)c1O. The normalized spacial score (nSPS) is 23.7. The number of phenolic OH excluding ortho intramolecular Hbond substituents is 1. The zero-order chi connectivity index (χ0) is 16.9. The largest absolute Gasteiger partial charge is 0.504 e. The number of rotatable bonds is 6. The van der Waals surface area contributed by atoms with Crippen LogP contribution in [0, 0.1) is 0 Å². The zero-order valence-electron chi connectivity index (χ0n) is 14.7. The van der Waals surface area contributed by atoms with Crippen molar-refractivity contribution in [2.45, 2.75) is 50.7 Å². The van der Waals surface area contributed by atoms with Gasteiger partial charge in [0.1, 0.15) is 0 Å². The summed E-state index contributed by atoms with van der Waals surface area (Å²) in [4.78, 5) is 5.02. The second-order valence-electron chi connectivity index (χ2n) is 7.05. The van der Waals surface area contributed by atoms with Crippen LogP contribution in [0.25, 0.3) is 0 Å². The second kappa shape index (κ2) is 8.19. The van der Waals surface area contributed by atoms with Crippen molar-refractivity contribution in [1.82, 2.24) is 9.80 Å². The van der Waals surface area contributed by atoms with E-state index in [1.54, 1.807) is 13.2 Å². The summed E-state index contributed by atoms with van der Waals surface area (Å²) in [5, 5.41) is 19.8. The molecule has 2 aliphatic rings. The second-order valence-corrected chi connectivity index (χ2v) is 7.05. The Morgan fingerprint density at radius 2 is 2.00 bits per heavy atom. The maximum Gasteiger partial charge on any atom is 0.162 e. The quantitative estimate of drug-likeness (QED) is 0.835. The van der Waals surface area contributed by atoms with Crippen LogP contribution in [0.15, 0.2) is 18.2 Å². The van der Waals surface area contributed by atoms with Crippen molar-refractivity contribution in [3.05, 3.63) is 23.8 Å². The maximum absolute atomic E-state index is 10.3. The van der Waals surface area contributed by atoms with E-state index in [0.717, 1.165) is 38.2 Å². The lowest BCUT2D eigenvalue weighted by Crippen LogP contribution is -2.56. The summed E-state index contributed by atoms with van der Waals surface area (Å²) in [5.74, 6) is 0.779. The third-order valence-electron chi connectivity index (χ3n) is 5.56. The molecule has 5 heteroatoms. The van der Waals surface area contributed by atoms with E-state index in [-0.39, 0.29) is 12.4 Å². The lowest BCUT2D eigenvalue weighted by atomic mass is 10.0. The predicted octanol–water partition coefficient (Wildman–Crippen LogP) is 2.21. The molecule has 5 nitrogen and oxygen atoms in total. The van der Waals surface area contributed by atoms with Crippen molar-refractivity contribution in [3.8, 4) is 11.5 Å². The van der Waals surface area contributed by atoms with E-state index in [1.165, 1.54) is 25.7 Å². The number of aromatic hydroxyl groups is 1. The minimum atomic E-state index is 0.242. The van der Waals surface area contributed by atoms with E-state index in [4.69, 9.17) is 4.74 Å². The molecule has 2 N–H and O–H groups in total. The molecule has 1 heterocycles. The predicted molar refractivity (Wildman–Crippen MR) is 94.4 cm³/mol. The number of piperazine rings is 1. The molecule has 1 aromatic carbocycles. The molecule has 1 aliphatic heterocycles. The van der Waals surface area contributed by atoms with Gasteiger partial charge in [-0.05, 0) is 25.3 Å². The fourth-order valence-electron chi connectivity index (χ4n) is 4.30. The molecule has 1 atom stereocenters. The first-order valence-electron chi connectivity index (χ1n) is 9.16. The molecule has 2 fully saturated rings. The van der Waals surface area contributed by atoms with E-state index >= 15 is 0 Å². The molecule has 3 rings (SSSR count). The van der Waals surface area contributed by atoms with Crippen LogP contribution in [0.5, 0.6) is 11.5 Å². The van der Waals surface area contributed by atoms with Gasteiger partial charge in [0.15, 0.2) is 11.5 Å². The highest BCUT2D eigenvalue weighted by Gasteiger charge is 2.33. The van der Waals surface area contributed by atoms with Crippen LogP contribution < -0.4 is 4.74 Å². The van der Waals surface area contributed by atoms with Crippen molar-refractivity contribution in [1.29, 1.82) is 0 Å². The number of para-hydroxylation sites is 1. The van der Waals surface area contributed by atoms with Crippen LogP contribution in [0.3, 0.4) is 0 Å². The monoisotopic (exact) mass is 334 g/mol. The molecule has 0 unspecified atom stereocenters. The standard InChI is InChI=1S/C19H30N2O3/c1-24-18-8-4-5-15(19(18)23)13-20-10-11-21(16-6-2-3-7-16)17(14-20)9-12-22/h4-5,8,16-17,22-23H,2-3,6-7,9-14H2,1H3/t17-/m1/s1. The first-order chi connectivity index (χ1) is 11.7. The van der Waals surface area contributed by atoms with Crippen molar-refractivity contribution in [2.24, 2.45) is 0 Å². The van der Waals surface area contributed by atoms with Gasteiger partial charge in [-0.1, -0.05) is 25.0 Å². The number of aliphatic hydroxyl groups excluding tert-OH is 1. The summed E-state index contributed by atoms with van der Waals surface area (Å²) in [6, 6.07) is 6.79. The molecule has 1 saturated carbocycles. The molecule has 0 amide bonds. The average Bonchev–Trinajstić information content (AvgIpc) is 3.12. The average molecular weight is 334 g/mol. The number of phenols is 1. The number of methoxy groups -OCH3 is 1. The number of aliphatic hydroxyl groups is 1. The van der Waals surface area contributed by atoms with Gasteiger partial charge in [0.05, 0.1) is 7.11 Å². The summed E-state index contributed by atoms with van der Waals surface area (Å²) in [6.07, 6.45) is 6.12. The number of ether oxygens (including phenoxy) is 1. The van der Waals surface area contributed by atoms with Crippen LogP contribution in [0.4, 0.5) is 0 Å². The third-order valence-corrected chi connectivity index (χ3v) is 5.56. The van der Waals surface area contributed by atoms with Crippen molar-refractivity contribution in [2.75, 3.05) is 33.4 Å². The topological polar surface area (TPSA) is 56.2 Å². The van der Waals surface area contributed by atoms with Gasteiger partial charge in [0.2, 0.25) is 0 Å². The first-order valence-corrected chi connectivity index (χ1v) is 9.16. The van der Waals surface area contributed by atoms with Gasteiger partial charge in [-0.2, -0.15) is 0 Å². The van der Waals surface area contributed by atoms with Crippen molar-refractivity contribution in [3.63, 3.8) is 0 Å². The molecule has 0 spiro atoms.